The molecule has 2 N–H and O–H groups in total. The summed E-state index contributed by atoms with van der Waals surface area (Å²) in [6.45, 7) is 24.6. The zero-order chi connectivity index (χ0) is 47.7. The van der Waals surface area contributed by atoms with Crippen molar-refractivity contribution in [1.82, 2.24) is 25.3 Å². The molecule has 4 atom stereocenters. The Bertz CT molecular complexity index is 1860. The van der Waals surface area contributed by atoms with Crippen LogP contribution in [-0.2, 0) is 48.5 Å². The number of hydrogen-bond acceptors (Lipinski definition) is 10. The monoisotopic (exact) mass is 866 g/mol. The summed E-state index contributed by atoms with van der Waals surface area (Å²) in [5, 5.41) is 5.66. The van der Waals surface area contributed by atoms with Gasteiger partial charge in [0.1, 0.15) is 23.3 Å². The van der Waals surface area contributed by atoms with Gasteiger partial charge in [0, 0.05) is 50.2 Å². The maximum Gasteiger partial charge on any atom is 0.410 e. The predicted octanol–water partition coefficient (Wildman–Crippen LogP) is 5.65. The molecule has 1 aromatic carbocycles. The number of nitrogens with zero attached hydrogens (tertiary/aromatic N) is 3. The normalized spacial score (nSPS) is 15.7. The summed E-state index contributed by atoms with van der Waals surface area (Å²) in [7, 11) is 3.08. The highest BCUT2D eigenvalue weighted by molar-refractivity contribution is 6.12. The maximum absolute atomic E-state index is 14.6. The van der Waals surface area contributed by atoms with Crippen LogP contribution in [0.4, 0.5) is 4.79 Å². The second-order valence-electron chi connectivity index (χ2n) is 20.0. The van der Waals surface area contributed by atoms with Crippen LogP contribution in [0.2, 0.25) is 0 Å². The average Bonchev–Trinajstić information content (AvgIpc) is 3.45. The van der Waals surface area contributed by atoms with Gasteiger partial charge in [0.15, 0.2) is 5.78 Å². The van der Waals surface area contributed by atoms with Gasteiger partial charge in [-0.05, 0) is 71.8 Å². The standard InChI is InChI=1S/C47H71N5O10/c1-29(2)33(27-30(3)40(57)48-32(28-37(56)61-45(7,8)9)34(53)23-20-26-52-35(54)24-25-36(52)55)50(15)42(59)38(44(4,5)6)49-41(58)39(51(16)43(60)62-46(10,11)12)47(13,14)31-21-18-17-19-22-31/h17-19,21-22,24-25,27,29,32-33,38-39H,20,23,26,28H2,1-16H3,(H,48,57)(H,49,58)/b30-27+/t32-,33+,38+,39+/m0/s1. The Kier molecular flexibility index (Phi) is 18.0. The molecule has 15 nitrogen and oxygen atoms in total. The lowest BCUT2D eigenvalue weighted by Gasteiger charge is -2.42. The van der Waals surface area contributed by atoms with Crippen molar-refractivity contribution in [1.29, 1.82) is 0 Å². The van der Waals surface area contributed by atoms with Crippen LogP contribution in [0.3, 0.4) is 0 Å². The van der Waals surface area contributed by atoms with Crippen molar-refractivity contribution in [2.24, 2.45) is 11.3 Å². The lowest BCUT2D eigenvalue weighted by atomic mass is 9.76. The van der Waals surface area contributed by atoms with Crippen LogP contribution < -0.4 is 10.6 Å². The molecule has 0 radical (unpaired) electrons. The minimum atomic E-state index is -1.28. The number of imide groups is 1. The van der Waals surface area contributed by atoms with E-state index in [2.05, 4.69) is 10.6 Å². The number of likely N-dealkylation sites (N-methyl/N-ethyl adjacent to an activating group) is 2. The van der Waals surface area contributed by atoms with E-state index in [0.717, 1.165) is 22.6 Å². The number of ether oxygens (including phenoxy) is 2. The second kappa shape index (κ2) is 21.2. The average molecular weight is 866 g/mol. The number of nitrogens with one attached hydrogen (secondary N) is 2. The highest BCUT2D eigenvalue weighted by Gasteiger charge is 2.46. The molecular formula is C47H71N5O10. The zero-order valence-electron chi connectivity index (χ0n) is 39.8. The van der Waals surface area contributed by atoms with Crippen LogP contribution in [0, 0.1) is 11.3 Å². The fourth-order valence-corrected chi connectivity index (χ4v) is 7.06. The molecule has 15 heteroatoms. The van der Waals surface area contributed by atoms with Crippen molar-refractivity contribution >= 4 is 47.4 Å². The number of ketones is 1. The van der Waals surface area contributed by atoms with E-state index in [0.29, 0.717) is 0 Å². The predicted molar refractivity (Wildman–Crippen MR) is 236 cm³/mol. The van der Waals surface area contributed by atoms with Crippen LogP contribution in [-0.4, -0.2) is 118 Å². The van der Waals surface area contributed by atoms with Crippen LogP contribution in [0.5, 0.6) is 0 Å². The summed E-state index contributed by atoms with van der Waals surface area (Å²) < 4.78 is 11.1. The second-order valence-corrected chi connectivity index (χ2v) is 20.0. The Balaban J connectivity index is 2.44. The molecule has 0 unspecified atom stereocenters. The van der Waals surface area contributed by atoms with Gasteiger partial charge in [-0.3, -0.25) is 43.4 Å². The van der Waals surface area contributed by atoms with Crippen molar-refractivity contribution in [2.45, 2.75) is 157 Å². The molecule has 1 heterocycles. The number of carbonyl (C=O) groups is 8. The molecule has 0 spiro atoms. The fraction of sp³-hybridized carbons (Fsp3) is 0.617. The first kappa shape index (κ1) is 52.8. The molecule has 0 saturated heterocycles. The fourth-order valence-electron chi connectivity index (χ4n) is 7.06. The Morgan fingerprint density at radius 3 is 1.79 bits per heavy atom. The van der Waals surface area contributed by atoms with Crippen LogP contribution in [0.15, 0.2) is 54.1 Å². The molecule has 344 valence electrons. The molecular weight excluding hydrogens is 795 g/mol. The van der Waals surface area contributed by atoms with E-state index in [4.69, 9.17) is 9.47 Å². The van der Waals surface area contributed by atoms with Crippen LogP contribution in [0.1, 0.15) is 122 Å². The van der Waals surface area contributed by atoms with Crippen molar-refractivity contribution in [2.75, 3.05) is 20.6 Å². The number of Topliss-reactive ketones (excluding diaryl/α,β-unsaturated/α-hetero) is 1. The molecule has 0 fully saturated rings. The largest absolute Gasteiger partial charge is 0.460 e. The van der Waals surface area contributed by atoms with Gasteiger partial charge in [-0.1, -0.05) is 84.9 Å². The van der Waals surface area contributed by atoms with Crippen LogP contribution >= 0.6 is 0 Å². The highest BCUT2D eigenvalue weighted by atomic mass is 16.6. The first-order valence-corrected chi connectivity index (χ1v) is 21.1. The molecule has 1 aliphatic heterocycles. The maximum atomic E-state index is 14.6. The van der Waals surface area contributed by atoms with Crippen molar-refractivity contribution in [3.63, 3.8) is 0 Å². The molecule has 1 aromatic rings. The summed E-state index contributed by atoms with van der Waals surface area (Å²) in [5.74, 6) is -4.09. The van der Waals surface area contributed by atoms with Crippen molar-refractivity contribution in [3.8, 4) is 0 Å². The highest BCUT2D eigenvalue weighted by Crippen LogP contribution is 2.32. The molecule has 0 bridgehead atoms. The van der Waals surface area contributed by atoms with Gasteiger partial charge in [-0.25, -0.2) is 4.79 Å². The third-order valence-corrected chi connectivity index (χ3v) is 10.4. The van der Waals surface area contributed by atoms with E-state index in [-0.39, 0.29) is 30.9 Å². The third kappa shape index (κ3) is 15.2. The summed E-state index contributed by atoms with van der Waals surface area (Å²) in [6, 6.07) is 5.12. The van der Waals surface area contributed by atoms with Crippen molar-refractivity contribution in [3.05, 3.63) is 59.7 Å². The van der Waals surface area contributed by atoms with Crippen molar-refractivity contribution < 1.29 is 47.8 Å². The minimum Gasteiger partial charge on any atom is -0.460 e. The molecule has 0 saturated carbocycles. The van der Waals surface area contributed by atoms with Gasteiger partial charge in [0.25, 0.3) is 11.8 Å². The lowest BCUT2D eigenvalue weighted by molar-refractivity contribution is -0.156. The first-order valence-electron chi connectivity index (χ1n) is 21.1. The molecule has 1 aliphatic rings. The van der Waals surface area contributed by atoms with Gasteiger partial charge in [0.05, 0.1) is 18.5 Å². The lowest BCUT2D eigenvalue weighted by Crippen LogP contribution is -2.63. The number of esters is 1. The van der Waals surface area contributed by atoms with E-state index in [1.807, 2.05) is 78.8 Å². The van der Waals surface area contributed by atoms with Gasteiger partial charge >= 0.3 is 12.1 Å². The van der Waals surface area contributed by atoms with E-state index in [9.17, 15) is 38.4 Å². The summed E-state index contributed by atoms with van der Waals surface area (Å²) in [4.78, 5) is 111. The smallest absolute Gasteiger partial charge is 0.410 e. The summed E-state index contributed by atoms with van der Waals surface area (Å²) in [6.07, 6.45) is 2.71. The number of amides is 6. The minimum absolute atomic E-state index is 0.0131. The van der Waals surface area contributed by atoms with Gasteiger partial charge in [-0.15, -0.1) is 0 Å². The topological polar surface area (TPSA) is 189 Å². The Labute approximate surface area is 368 Å². The molecule has 0 aromatic heterocycles. The number of rotatable bonds is 18. The molecule has 62 heavy (non-hydrogen) atoms. The first-order chi connectivity index (χ1) is 28.3. The van der Waals surface area contributed by atoms with Gasteiger partial charge in [0.2, 0.25) is 17.7 Å². The van der Waals surface area contributed by atoms with Crippen LogP contribution in [0.25, 0.3) is 0 Å². The SMILES string of the molecule is C/C(=C\[C@H](C(C)C)N(C)C(=O)[C@@H](NC(=O)[C@@H](N(C)C(=O)OC(C)(C)C)C(C)(C)c1ccccc1)C(C)(C)C)C(=O)N[C@@H](CC(=O)OC(C)(C)C)C(=O)CCCN1C(=O)C=CC1=O. The molecule has 0 aliphatic carbocycles. The van der Waals surface area contributed by atoms with E-state index in [1.54, 1.807) is 54.7 Å². The summed E-state index contributed by atoms with van der Waals surface area (Å²) >= 11 is 0. The number of carbonyl (C=O) groups excluding carboxylic acids is 8. The van der Waals surface area contributed by atoms with E-state index < -0.39 is 100 Å². The van der Waals surface area contributed by atoms with E-state index >= 15 is 0 Å². The van der Waals surface area contributed by atoms with E-state index in [1.165, 1.54) is 23.8 Å². The Morgan fingerprint density at radius 1 is 0.774 bits per heavy atom. The number of hydrogen-bond donors (Lipinski definition) is 2. The zero-order valence-corrected chi connectivity index (χ0v) is 39.8. The third-order valence-electron chi connectivity index (χ3n) is 10.4. The molecule has 2 rings (SSSR count). The molecule has 6 amide bonds. The summed E-state index contributed by atoms with van der Waals surface area (Å²) in [5.41, 5.74) is -2.53. The Morgan fingerprint density at radius 2 is 1.31 bits per heavy atom. The quantitative estimate of drug-likeness (QED) is 0.106. The van der Waals surface area contributed by atoms with Gasteiger partial charge < -0.3 is 25.0 Å². The van der Waals surface area contributed by atoms with Gasteiger partial charge in [-0.2, -0.15) is 0 Å². The Hall–Kier alpha value is -5.34. The number of benzene rings is 1.